The number of hydrogen-bond acceptors (Lipinski definition) is 6. The van der Waals surface area contributed by atoms with E-state index in [0.29, 0.717) is 33.7 Å². The van der Waals surface area contributed by atoms with Gasteiger partial charge >= 0.3 is 0 Å². The summed E-state index contributed by atoms with van der Waals surface area (Å²) in [4.78, 5) is 16.6. The molecule has 0 unspecified atom stereocenters. The molecule has 0 spiro atoms. The van der Waals surface area contributed by atoms with Gasteiger partial charge in [0.05, 0.1) is 11.4 Å². The summed E-state index contributed by atoms with van der Waals surface area (Å²) in [5, 5.41) is 2.76. The highest BCUT2D eigenvalue weighted by Gasteiger charge is 2.20. The van der Waals surface area contributed by atoms with Gasteiger partial charge in [0.25, 0.3) is 5.22 Å². The maximum Gasteiger partial charge on any atom is 0.256 e. The zero-order valence-corrected chi connectivity index (χ0v) is 15.1. The zero-order valence-electron chi connectivity index (χ0n) is 14.3. The summed E-state index contributed by atoms with van der Waals surface area (Å²) >= 11 is 1.20. The summed E-state index contributed by atoms with van der Waals surface area (Å²) in [6.07, 6.45) is 1.55. The summed E-state index contributed by atoms with van der Waals surface area (Å²) < 4.78 is 29.2. The first-order valence-corrected chi connectivity index (χ1v) is 9.05. The molecule has 0 saturated heterocycles. The Bertz CT molecular complexity index is 974. The van der Waals surface area contributed by atoms with E-state index in [1.165, 1.54) is 23.9 Å². The van der Waals surface area contributed by atoms with Gasteiger partial charge in [0, 0.05) is 17.3 Å². The molecule has 1 aliphatic heterocycles. The molecule has 4 rings (SSSR count). The summed E-state index contributed by atoms with van der Waals surface area (Å²) in [5.41, 5.74) is 1.34. The van der Waals surface area contributed by atoms with Gasteiger partial charge in [0.15, 0.2) is 17.3 Å². The van der Waals surface area contributed by atoms with Crippen LogP contribution >= 0.6 is 11.8 Å². The molecule has 1 aliphatic rings. The average Bonchev–Trinajstić information content (AvgIpc) is 3.31. The van der Waals surface area contributed by atoms with Crippen LogP contribution in [0.4, 0.5) is 10.1 Å². The molecular formula is C19H15FN2O4S. The van der Waals surface area contributed by atoms with E-state index in [4.69, 9.17) is 13.9 Å². The monoisotopic (exact) mass is 386 g/mol. The first-order chi connectivity index (χ1) is 13.1. The molecule has 1 amide bonds. The normalized spacial score (nSPS) is 13.4. The number of oxazole rings is 1. The third-order valence-corrected chi connectivity index (χ3v) is 4.86. The Labute approximate surface area is 158 Å². The van der Waals surface area contributed by atoms with E-state index in [0.717, 1.165) is 0 Å². The zero-order chi connectivity index (χ0) is 18.8. The van der Waals surface area contributed by atoms with Gasteiger partial charge in [0.1, 0.15) is 5.82 Å². The minimum Gasteiger partial charge on any atom is -0.454 e. The molecule has 0 fully saturated rings. The Morgan fingerprint density at radius 1 is 1.19 bits per heavy atom. The number of carbonyl (C=O) groups is 1. The molecule has 6 nitrogen and oxygen atoms in total. The van der Waals surface area contributed by atoms with Crippen molar-refractivity contribution >= 4 is 23.4 Å². The molecule has 1 atom stereocenters. The van der Waals surface area contributed by atoms with Gasteiger partial charge in [0.2, 0.25) is 12.7 Å². The largest absolute Gasteiger partial charge is 0.454 e. The van der Waals surface area contributed by atoms with Crippen molar-refractivity contribution in [2.45, 2.75) is 17.4 Å². The number of rotatable bonds is 5. The summed E-state index contributed by atoms with van der Waals surface area (Å²) in [6, 6.07) is 11.1. The fourth-order valence-electron chi connectivity index (χ4n) is 2.48. The lowest BCUT2D eigenvalue weighted by atomic mass is 10.2. The minimum absolute atomic E-state index is 0.180. The number of aromatic nitrogens is 1. The van der Waals surface area contributed by atoms with Crippen LogP contribution in [0.25, 0.3) is 11.3 Å². The highest BCUT2D eigenvalue weighted by Crippen LogP contribution is 2.34. The Morgan fingerprint density at radius 2 is 1.96 bits per heavy atom. The van der Waals surface area contributed by atoms with Crippen LogP contribution in [0, 0.1) is 5.82 Å². The van der Waals surface area contributed by atoms with E-state index < -0.39 is 5.25 Å². The van der Waals surface area contributed by atoms with E-state index >= 15 is 0 Å². The molecule has 0 bridgehead atoms. The van der Waals surface area contributed by atoms with Gasteiger partial charge in [-0.25, -0.2) is 9.37 Å². The molecule has 0 radical (unpaired) electrons. The third kappa shape index (κ3) is 3.90. The van der Waals surface area contributed by atoms with Crippen molar-refractivity contribution < 1.29 is 23.1 Å². The predicted octanol–water partition coefficient (Wildman–Crippen LogP) is 4.33. The van der Waals surface area contributed by atoms with Crippen LogP contribution in [0.5, 0.6) is 11.5 Å². The Kier molecular flexibility index (Phi) is 4.72. The van der Waals surface area contributed by atoms with Crippen LogP contribution < -0.4 is 14.8 Å². The molecule has 2 heterocycles. The van der Waals surface area contributed by atoms with E-state index in [9.17, 15) is 9.18 Å². The lowest BCUT2D eigenvalue weighted by Gasteiger charge is -2.10. The average molecular weight is 386 g/mol. The van der Waals surface area contributed by atoms with Gasteiger partial charge in [-0.05, 0) is 43.3 Å². The first-order valence-electron chi connectivity index (χ1n) is 8.17. The van der Waals surface area contributed by atoms with Crippen molar-refractivity contribution in [2.75, 3.05) is 12.1 Å². The molecule has 27 heavy (non-hydrogen) atoms. The highest BCUT2D eigenvalue weighted by atomic mass is 32.2. The van der Waals surface area contributed by atoms with Crippen LogP contribution in [0.3, 0.4) is 0 Å². The summed E-state index contributed by atoms with van der Waals surface area (Å²) in [6.45, 7) is 1.94. The fourth-order valence-corrected chi connectivity index (χ4v) is 3.20. The highest BCUT2D eigenvalue weighted by molar-refractivity contribution is 8.00. The van der Waals surface area contributed by atoms with Crippen LogP contribution in [0.2, 0.25) is 0 Å². The quantitative estimate of drug-likeness (QED) is 0.658. The van der Waals surface area contributed by atoms with E-state index in [-0.39, 0.29) is 18.5 Å². The maximum atomic E-state index is 13.0. The van der Waals surface area contributed by atoms with Crippen molar-refractivity contribution in [3.63, 3.8) is 0 Å². The molecule has 1 N–H and O–H groups in total. The molecule has 2 aromatic carbocycles. The SMILES string of the molecule is C[C@@H](Sc1ncc(-c2ccc(F)cc2)o1)C(=O)Nc1ccc2c(c1)OCO2. The standard InChI is InChI=1S/C19H15FN2O4S/c1-11(18(23)22-14-6-7-15-16(8-14)25-10-24-15)27-19-21-9-17(26-19)12-2-4-13(20)5-3-12/h2-9,11H,10H2,1H3,(H,22,23)/t11-/m1/s1. The van der Waals surface area contributed by atoms with Crippen molar-refractivity contribution in [2.24, 2.45) is 0 Å². The predicted molar refractivity (Wildman–Crippen MR) is 98.4 cm³/mol. The number of amides is 1. The number of ether oxygens (including phenoxy) is 2. The van der Waals surface area contributed by atoms with Crippen LogP contribution in [0.1, 0.15) is 6.92 Å². The van der Waals surface area contributed by atoms with E-state index in [2.05, 4.69) is 10.3 Å². The van der Waals surface area contributed by atoms with Gasteiger partial charge < -0.3 is 19.2 Å². The van der Waals surface area contributed by atoms with Crippen molar-refractivity contribution in [1.29, 1.82) is 0 Å². The fraction of sp³-hybridized carbons (Fsp3) is 0.158. The van der Waals surface area contributed by atoms with Crippen molar-refractivity contribution in [3.05, 3.63) is 54.5 Å². The molecule has 8 heteroatoms. The molecule has 3 aromatic rings. The Hall–Kier alpha value is -3.00. The number of nitrogens with one attached hydrogen (secondary N) is 1. The van der Waals surface area contributed by atoms with Crippen LogP contribution in [-0.4, -0.2) is 22.9 Å². The summed E-state index contributed by atoms with van der Waals surface area (Å²) in [5.74, 6) is 1.26. The Balaban J connectivity index is 1.39. The number of halogens is 1. The number of benzene rings is 2. The molecule has 1 aromatic heterocycles. The summed E-state index contributed by atoms with van der Waals surface area (Å²) in [7, 11) is 0. The second kappa shape index (κ2) is 7.32. The molecular weight excluding hydrogens is 371 g/mol. The number of nitrogens with zero attached hydrogens (tertiary/aromatic N) is 1. The van der Waals surface area contributed by atoms with Crippen LogP contribution in [-0.2, 0) is 4.79 Å². The second-order valence-corrected chi connectivity index (χ2v) is 7.11. The van der Waals surface area contributed by atoms with Crippen LogP contribution in [0.15, 0.2) is 58.3 Å². The number of anilines is 1. The second-order valence-electron chi connectivity index (χ2n) is 5.81. The minimum atomic E-state index is -0.435. The van der Waals surface area contributed by atoms with Gasteiger partial charge in [-0.15, -0.1) is 0 Å². The smallest absolute Gasteiger partial charge is 0.256 e. The van der Waals surface area contributed by atoms with Crippen molar-refractivity contribution in [1.82, 2.24) is 4.98 Å². The Morgan fingerprint density at radius 3 is 2.78 bits per heavy atom. The lowest BCUT2D eigenvalue weighted by Crippen LogP contribution is -2.22. The molecule has 0 saturated carbocycles. The number of carbonyl (C=O) groups excluding carboxylic acids is 1. The third-order valence-electron chi connectivity index (χ3n) is 3.90. The lowest BCUT2D eigenvalue weighted by molar-refractivity contribution is -0.115. The molecule has 0 aliphatic carbocycles. The number of fused-ring (bicyclic) bond motifs is 1. The topological polar surface area (TPSA) is 73.6 Å². The van der Waals surface area contributed by atoms with Gasteiger partial charge in [-0.1, -0.05) is 11.8 Å². The van der Waals surface area contributed by atoms with E-state index in [1.54, 1.807) is 43.5 Å². The first kappa shape index (κ1) is 17.4. The van der Waals surface area contributed by atoms with E-state index in [1.807, 2.05) is 0 Å². The molecule has 138 valence electrons. The van der Waals surface area contributed by atoms with Gasteiger partial charge in [-0.2, -0.15) is 0 Å². The number of hydrogen-bond donors (Lipinski definition) is 1. The number of thioether (sulfide) groups is 1. The maximum absolute atomic E-state index is 13.0. The van der Waals surface area contributed by atoms with Gasteiger partial charge in [-0.3, -0.25) is 4.79 Å². The van der Waals surface area contributed by atoms with Crippen molar-refractivity contribution in [3.8, 4) is 22.8 Å².